The van der Waals surface area contributed by atoms with Crippen molar-refractivity contribution < 1.29 is 9.59 Å². The van der Waals surface area contributed by atoms with Gasteiger partial charge in [-0.2, -0.15) is 0 Å². The number of amides is 1. The molecule has 0 radical (unpaired) electrons. The lowest BCUT2D eigenvalue weighted by Gasteiger charge is -2.11. The van der Waals surface area contributed by atoms with E-state index in [0.29, 0.717) is 5.56 Å². The molecule has 0 saturated heterocycles. The monoisotopic (exact) mass is 237 g/mol. The first-order valence-electron chi connectivity index (χ1n) is 5.68. The molecule has 3 heteroatoms. The number of hydrogen-bond donors (Lipinski definition) is 0. The van der Waals surface area contributed by atoms with Crippen molar-refractivity contribution in [3.05, 3.63) is 53.6 Å². The first-order valence-corrected chi connectivity index (χ1v) is 5.68. The van der Waals surface area contributed by atoms with Gasteiger partial charge in [-0.3, -0.25) is 9.59 Å². The van der Waals surface area contributed by atoms with Crippen LogP contribution >= 0.6 is 0 Å². The van der Waals surface area contributed by atoms with E-state index >= 15 is 0 Å². The lowest BCUT2D eigenvalue weighted by Crippen LogP contribution is -2.14. The molecule has 0 atom stereocenters. The van der Waals surface area contributed by atoms with Crippen LogP contribution in [0.5, 0.6) is 0 Å². The number of carbonyl (C=O) groups is 2. The zero-order valence-electron chi connectivity index (χ0n) is 9.88. The molecule has 2 aromatic rings. The van der Waals surface area contributed by atoms with Crippen LogP contribution in [-0.4, -0.2) is 19.2 Å². The summed E-state index contributed by atoms with van der Waals surface area (Å²) in [6.07, 6.45) is 0.730. The van der Waals surface area contributed by atoms with Crippen molar-refractivity contribution in [2.45, 2.75) is 0 Å². The molecule has 0 saturated carbocycles. The van der Waals surface area contributed by atoms with E-state index in [4.69, 9.17) is 0 Å². The summed E-state index contributed by atoms with van der Waals surface area (Å²) < 4.78 is 0. The van der Waals surface area contributed by atoms with Crippen LogP contribution in [0.15, 0.2) is 42.5 Å². The average molecular weight is 237 g/mol. The first-order chi connectivity index (χ1) is 8.72. The Morgan fingerprint density at radius 1 is 0.944 bits per heavy atom. The highest BCUT2D eigenvalue weighted by atomic mass is 16.1. The Kier molecular flexibility index (Phi) is 2.27. The molecule has 0 bridgehead atoms. The Bertz CT molecular complexity index is 661. The second kappa shape index (κ2) is 3.81. The number of nitrogens with zero attached hydrogens (tertiary/aromatic N) is 1. The summed E-state index contributed by atoms with van der Waals surface area (Å²) in [5, 5.41) is 0. The minimum atomic E-state index is 0.0294. The van der Waals surface area contributed by atoms with E-state index < -0.39 is 0 Å². The third kappa shape index (κ3) is 1.37. The number of carbonyl (C=O) groups excluding carboxylic acids is 2. The molecule has 3 rings (SSSR count). The van der Waals surface area contributed by atoms with Crippen LogP contribution in [0.3, 0.4) is 0 Å². The Hall–Kier alpha value is -2.42. The molecule has 1 aliphatic carbocycles. The van der Waals surface area contributed by atoms with Crippen molar-refractivity contribution in [2.24, 2.45) is 0 Å². The van der Waals surface area contributed by atoms with Crippen molar-refractivity contribution >= 4 is 17.9 Å². The van der Waals surface area contributed by atoms with Crippen LogP contribution < -0.4 is 4.90 Å². The van der Waals surface area contributed by atoms with Crippen LogP contribution in [0.2, 0.25) is 0 Å². The lowest BCUT2D eigenvalue weighted by molar-refractivity contribution is -0.107. The predicted octanol–water partition coefficient (Wildman–Crippen LogP) is 2.49. The van der Waals surface area contributed by atoms with Crippen molar-refractivity contribution in [3.63, 3.8) is 0 Å². The molecular formula is C15H11NO2. The highest BCUT2D eigenvalue weighted by Crippen LogP contribution is 2.37. The molecule has 0 N–H and O–H groups in total. The normalized spacial score (nSPS) is 11.9. The van der Waals surface area contributed by atoms with Gasteiger partial charge in [0.15, 0.2) is 5.78 Å². The fourth-order valence-electron chi connectivity index (χ4n) is 2.30. The highest BCUT2D eigenvalue weighted by Gasteiger charge is 2.26. The summed E-state index contributed by atoms with van der Waals surface area (Å²) in [5.41, 5.74) is 4.04. The van der Waals surface area contributed by atoms with Gasteiger partial charge in [-0.1, -0.05) is 30.3 Å². The third-order valence-electron chi connectivity index (χ3n) is 3.28. The summed E-state index contributed by atoms with van der Waals surface area (Å²) in [5.74, 6) is 0.0294. The number of ketones is 1. The zero-order valence-corrected chi connectivity index (χ0v) is 9.88. The quantitative estimate of drug-likeness (QED) is 0.642. The van der Waals surface area contributed by atoms with Gasteiger partial charge >= 0.3 is 0 Å². The maximum atomic E-state index is 12.2. The Morgan fingerprint density at radius 3 is 2.33 bits per heavy atom. The first kappa shape index (κ1) is 10.7. The van der Waals surface area contributed by atoms with Gasteiger partial charge in [0.25, 0.3) is 0 Å². The van der Waals surface area contributed by atoms with Crippen molar-refractivity contribution in [3.8, 4) is 11.1 Å². The van der Waals surface area contributed by atoms with Gasteiger partial charge in [-0.25, -0.2) is 0 Å². The molecule has 0 unspecified atom stereocenters. The molecule has 0 aromatic heterocycles. The molecule has 2 aromatic carbocycles. The number of anilines is 1. The number of rotatable bonds is 2. The molecule has 0 aliphatic heterocycles. The van der Waals surface area contributed by atoms with E-state index in [9.17, 15) is 9.59 Å². The van der Waals surface area contributed by atoms with Gasteiger partial charge in [0.1, 0.15) is 0 Å². The van der Waals surface area contributed by atoms with E-state index in [2.05, 4.69) is 0 Å². The van der Waals surface area contributed by atoms with E-state index in [-0.39, 0.29) is 5.78 Å². The molecule has 3 nitrogen and oxygen atoms in total. The largest absolute Gasteiger partial charge is 0.318 e. The molecule has 18 heavy (non-hydrogen) atoms. The van der Waals surface area contributed by atoms with E-state index in [1.165, 1.54) is 4.90 Å². The van der Waals surface area contributed by atoms with Crippen molar-refractivity contribution in [2.75, 3.05) is 11.9 Å². The van der Waals surface area contributed by atoms with Crippen LogP contribution in [0.1, 0.15) is 15.9 Å². The molecule has 88 valence electrons. The van der Waals surface area contributed by atoms with Crippen LogP contribution in [0, 0.1) is 0 Å². The van der Waals surface area contributed by atoms with Crippen molar-refractivity contribution in [1.82, 2.24) is 0 Å². The fourth-order valence-corrected chi connectivity index (χ4v) is 2.30. The van der Waals surface area contributed by atoms with E-state index in [0.717, 1.165) is 28.8 Å². The van der Waals surface area contributed by atoms with Gasteiger partial charge in [0, 0.05) is 23.9 Å². The SMILES string of the molecule is CN(C=O)c1ccc2c(c1)C(=O)c1ccccc1-2. The maximum Gasteiger partial charge on any atom is 0.213 e. The van der Waals surface area contributed by atoms with Crippen LogP contribution in [0.25, 0.3) is 11.1 Å². The van der Waals surface area contributed by atoms with Gasteiger partial charge in [0.05, 0.1) is 0 Å². The smallest absolute Gasteiger partial charge is 0.213 e. The summed E-state index contributed by atoms with van der Waals surface area (Å²) in [4.78, 5) is 24.4. The third-order valence-corrected chi connectivity index (χ3v) is 3.28. The second-order valence-corrected chi connectivity index (χ2v) is 4.32. The second-order valence-electron chi connectivity index (χ2n) is 4.32. The fraction of sp³-hybridized carbons (Fsp3) is 0.0667. The van der Waals surface area contributed by atoms with Crippen molar-refractivity contribution in [1.29, 1.82) is 0 Å². The zero-order chi connectivity index (χ0) is 12.7. The summed E-state index contributed by atoms with van der Waals surface area (Å²) in [7, 11) is 1.67. The maximum absolute atomic E-state index is 12.2. The van der Waals surface area contributed by atoms with E-state index in [1.807, 2.05) is 36.4 Å². The minimum Gasteiger partial charge on any atom is -0.318 e. The van der Waals surface area contributed by atoms with Gasteiger partial charge in [-0.05, 0) is 23.3 Å². The Morgan fingerprint density at radius 2 is 1.61 bits per heavy atom. The Balaban J connectivity index is 2.19. The predicted molar refractivity (Wildman–Crippen MR) is 69.8 cm³/mol. The minimum absolute atomic E-state index is 0.0294. The van der Waals surface area contributed by atoms with Gasteiger partial charge < -0.3 is 4.90 Å². The summed E-state index contributed by atoms with van der Waals surface area (Å²) in [6.45, 7) is 0. The molecule has 1 aliphatic rings. The standard InChI is InChI=1S/C15H11NO2/c1-16(9-17)10-6-7-12-11-4-2-3-5-13(11)15(18)14(12)8-10/h2-9H,1H3. The summed E-state index contributed by atoms with van der Waals surface area (Å²) in [6, 6.07) is 13.1. The van der Waals surface area contributed by atoms with E-state index in [1.54, 1.807) is 13.1 Å². The lowest BCUT2D eigenvalue weighted by atomic mass is 10.1. The molecule has 0 fully saturated rings. The number of benzene rings is 2. The van der Waals surface area contributed by atoms with Gasteiger partial charge in [-0.15, -0.1) is 0 Å². The molecule has 1 amide bonds. The van der Waals surface area contributed by atoms with Crippen LogP contribution in [0.4, 0.5) is 5.69 Å². The topological polar surface area (TPSA) is 37.4 Å². The van der Waals surface area contributed by atoms with Gasteiger partial charge in [0.2, 0.25) is 6.41 Å². The average Bonchev–Trinajstić information content (AvgIpc) is 2.72. The number of fused-ring (bicyclic) bond motifs is 3. The summed E-state index contributed by atoms with van der Waals surface area (Å²) >= 11 is 0. The Labute approximate surface area is 105 Å². The molecule has 0 heterocycles. The van der Waals surface area contributed by atoms with Crippen LogP contribution in [-0.2, 0) is 4.79 Å². The molecular weight excluding hydrogens is 226 g/mol. The molecule has 0 spiro atoms. The highest BCUT2D eigenvalue weighted by molar-refractivity contribution is 6.22. The number of hydrogen-bond acceptors (Lipinski definition) is 2.